The zero-order valence-corrected chi connectivity index (χ0v) is 16.6. The van der Waals surface area contributed by atoms with Gasteiger partial charge in [0.05, 0.1) is 10.7 Å². The van der Waals surface area contributed by atoms with Crippen LogP contribution in [0, 0.1) is 0 Å². The molecule has 0 aromatic heterocycles. The summed E-state index contributed by atoms with van der Waals surface area (Å²) in [6.07, 6.45) is 3.18. The number of carbonyl (C=O) groups excluding carboxylic acids is 2. The van der Waals surface area contributed by atoms with Crippen LogP contribution in [0.3, 0.4) is 0 Å². The summed E-state index contributed by atoms with van der Waals surface area (Å²) in [7, 11) is 0. The van der Waals surface area contributed by atoms with Crippen molar-refractivity contribution in [3.63, 3.8) is 0 Å². The van der Waals surface area contributed by atoms with Gasteiger partial charge in [0.2, 0.25) is 11.8 Å². The van der Waals surface area contributed by atoms with Crippen LogP contribution in [-0.4, -0.2) is 48.9 Å². The zero-order valence-electron chi connectivity index (χ0n) is 15.8. The number of para-hydroxylation sites is 1. The lowest BCUT2D eigenvalue weighted by Gasteiger charge is -2.37. The summed E-state index contributed by atoms with van der Waals surface area (Å²) in [6, 6.07) is 16.7. The highest BCUT2D eigenvalue weighted by atomic mass is 35.5. The van der Waals surface area contributed by atoms with Crippen molar-refractivity contribution in [3.8, 4) is 0 Å². The first-order chi connectivity index (χ1) is 13.5. The van der Waals surface area contributed by atoms with Crippen LogP contribution in [0.2, 0.25) is 5.02 Å². The van der Waals surface area contributed by atoms with Gasteiger partial charge in [-0.2, -0.15) is 0 Å². The Kier molecular flexibility index (Phi) is 6.71. The van der Waals surface area contributed by atoms with Gasteiger partial charge in [0.1, 0.15) is 6.04 Å². The predicted molar refractivity (Wildman–Crippen MR) is 113 cm³/mol. The molecule has 2 aromatic carbocycles. The molecular weight excluding hydrogens is 374 g/mol. The quantitative estimate of drug-likeness (QED) is 0.788. The summed E-state index contributed by atoms with van der Waals surface area (Å²) < 4.78 is 0. The molecule has 1 aliphatic rings. The molecule has 1 atom stereocenters. The Morgan fingerprint density at radius 2 is 1.64 bits per heavy atom. The number of benzene rings is 2. The van der Waals surface area contributed by atoms with Crippen molar-refractivity contribution >= 4 is 35.2 Å². The van der Waals surface area contributed by atoms with Crippen molar-refractivity contribution in [3.05, 3.63) is 71.3 Å². The topological polar surface area (TPSA) is 52.7 Å². The molecule has 0 aliphatic carbocycles. The average molecular weight is 398 g/mol. The van der Waals surface area contributed by atoms with Gasteiger partial charge in [-0.1, -0.05) is 54.1 Å². The lowest BCUT2D eigenvalue weighted by molar-refractivity contribution is -0.135. The maximum Gasteiger partial charge on any atom is 0.244 e. The Labute approximate surface area is 170 Å². The number of hydrogen-bond donors (Lipinski definition) is 1. The molecule has 146 valence electrons. The highest BCUT2D eigenvalue weighted by Crippen LogP contribution is 2.26. The fourth-order valence-electron chi connectivity index (χ4n) is 3.21. The number of hydrogen-bond acceptors (Lipinski definition) is 3. The minimum absolute atomic E-state index is 0.0692. The molecule has 0 bridgehead atoms. The summed E-state index contributed by atoms with van der Waals surface area (Å²) in [5.41, 5.74) is 1.93. The van der Waals surface area contributed by atoms with Gasteiger partial charge in [-0.15, -0.1) is 0 Å². The van der Waals surface area contributed by atoms with Crippen LogP contribution in [-0.2, 0) is 9.59 Å². The Balaban J connectivity index is 1.50. The first-order valence-corrected chi connectivity index (χ1v) is 9.74. The highest BCUT2D eigenvalue weighted by molar-refractivity contribution is 6.33. The van der Waals surface area contributed by atoms with E-state index in [0.717, 1.165) is 11.3 Å². The molecule has 1 N–H and O–H groups in total. The van der Waals surface area contributed by atoms with Crippen molar-refractivity contribution in [1.82, 2.24) is 10.2 Å². The zero-order chi connectivity index (χ0) is 19.9. The Bertz CT molecular complexity index is 846. The summed E-state index contributed by atoms with van der Waals surface area (Å²) in [5.74, 6) is -0.348. The van der Waals surface area contributed by atoms with Crippen LogP contribution in [0.15, 0.2) is 60.7 Å². The van der Waals surface area contributed by atoms with E-state index in [1.54, 1.807) is 17.9 Å². The molecule has 3 rings (SSSR count). The summed E-state index contributed by atoms with van der Waals surface area (Å²) in [4.78, 5) is 28.7. The van der Waals surface area contributed by atoms with E-state index in [1.165, 1.54) is 6.08 Å². The molecule has 2 amide bonds. The molecule has 1 aliphatic heterocycles. The fourth-order valence-corrected chi connectivity index (χ4v) is 3.46. The Hall–Kier alpha value is -2.79. The monoisotopic (exact) mass is 397 g/mol. The average Bonchev–Trinajstić information content (AvgIpc) is 2.73. The number of rotatable bonds is 5. The third-order valence-corrected chi connectivity index (χ3v) is 5.06. The smallest absolute Gasteiger partial charge is 0.244 e. The molecule has 1 fully saturated rings. The van der Waals surface area contributed by atoms with E-state index in [-0.39, 0.29) is 11.8 Å². The van der Waals surface area contributed by atoms with Crippen molar-refractivity contribution in [2.45, 2.75) is 13.0 Å². The van der Waals surface area contributed by atoms with E-state index >= 15 is 0 Å². The predicted octanol–water partition coefficient (Wildman–Crippen LogP) is 3.21. The lowest BCUT2D eigenvalue weighted by Crippen LogP contribution is -2.54. The van der Waals surface area contributed by atoms with Gasteiger partial charge < -0.3 is 15.1 Å². The third-order valence-electron chi connectivity index (χ3n) is 4.74. The van der Waals surface area contributed by atoms with Crippen LogP contribution in [0.1, 0.15) is 12.5 Å². The molecule has 0 saturated carbocycles. The maximum atomic E-state index is 12.7. The van der Waals surface area contributed by atoms with E-state index in [1.807, 2.05) is 54.6 Å². The van der Waals surface area contributed by atoms with Crippen LogP contribution in [0.25, 0.3) is 6.08 Å². The van der Waals surface area contributed by atoms with Crippen molar-refractivity contribution in [1.29, 1.82) is 0 Å². The van der Waals surface area contributed by atoms with Crippen LogP contribution >= 0.6 is 11.6 Å². The van der Waals surface area contributed by atoms with E-state index in [9.17, 15) is 9.59 Å². The molecule has 6 heteroatoms. The number of carbonyl (C=O) groups is 2. The standard InChI is InChI=1S/C22H24ClN3O2/c1-17(24-21(27)12-11-18-7-3-2-4-8-18)22(28)26-15-13-25(14-16-26)20-10-6-5-9-19(20)23/h2-12,17H,13-16H2,1H3,(H,24,27)/b12-11+. The first kappa shape index (κ1) is 20.0. The maximum absolute atomic E-state index is 12.7. The largest absolute Gasteiger partial charge is 0.367 e. The Morgan fingerprint density at radius 3 is 2.32 bits per heavy atom. The fraction of sp³-hybridized carbons (Fsp3) is 0.273. The van der Waals surface area contributed by atoms with Crippen molar-refractivity contribution < 1.29 is 9.59 Å². The highest BCUT2D eigenvalue weighted by Gasteiger charge is 2.26. The summed E-state index contributed by atoms with van der Waals surface area (Å²) in [5, 5.41) is 3.46. The SMILES string of the molecule is CC(NC(=O)/C=C/c1ccccc1)C(=O)N1CCN(c2ccccc2Cl)CC1. The number of amides is 2. The molecule has 1 heterocycles. The number of halogens is 1. The number of nitrogens with one attached hydrogen (secondary N) is 1. The number of nitrogens with zero attached hydrogens (tertiary/aromatic N) is 2. The van der Waals surface area contributed by atoms with Gasteiger partial charge in [-0.3, -0.25) is 9.59 Å². The normalized spacial score (nSPS) is 15.5. The molecule has 0 spiro atoms. The van der Waals surface area contributed by atoms with Crippen LogP contribution in [0.4, 0.5) is 5.69 Å². The molecule has 1 unspecified atom stereocenters. The van der Waals surface area contributed by atoms with Gasteiger partial charge in [0.15, 0.2) is 0 Å². The first-order valence-electron chi connectivity index (χ1n) is 9.36. The van der Waals surface area contributed by atoms with E-state index in [2.05, 4.69) is 10.2 Å². The molecule has 28 heavy (non-hydrogen) atoms. The van der Waals surface area contributed by atoms with E-state index in [4.69, 9.17) is 11.6 Å². The molecule has 2 aromatic rings. The minimum atomic E-state index is -0.570. The lowest BCUT2D eigenvalue weighted by atomic mass is 10.2. The van der Waals surface area contributed by atoms with Crippen LogP contribution < -0.4 is 10.2 Å². The Morgan fingerprint density at radius 1 is 1.00 bits per heavy atom. The van der Waals surface area contributed by atoms with Gasteiger partial charge in [0.25, 0.3) is 0 Å². The van der Waals surface area contributed by atoms with Gasteiger partial charge in [0, 0.05) is 32.3 Å². The van der Waals surface area contributed by atoms with Gasteiger partial charge in [-0.25, -0.2) is 0 Å². The summed E-state index contributed by atoms with van der Waals surface area (Å²) >= 11 is 6.26. The van der Waals surface area contributed by atoms with E-state index in [0.29, 0.717) is 31.2 Å². The third kappa shape index (κ3) is 5.14. The van der Waals surface area contributed by atoms with Crippen LogP contribution in [0.5, 0.6) is 0 Å². The molecule has 5 nitrogen and oxygen atoms in total. The van der Waals surface area contributed by atoms with E-state index < -0.39 is 6.04 Å². The molecule has 1 saturated heterocycles. The van der Waals surface area contributed by atoms with Gasteiger partial charge in [-0.05, 0) is 30.7 Å². The second-order valence-corrected chi connectivity index (χ2v) is 7.15. The molecule has 0 radical (unpaired) electrons. The second-order valence-electron chi connectivity index (χ2n) is 6.74. The molecular formula is C22H24ClN3O2. The number of piperazine rings is 1. The summed E-state index contributed by atoms with van der Waals surface area (Å²) in [6.45, 7) is 4.35. The minimum Gasteiger partial charge on any atom is -0.367 e. The van der Waals surface area contributed by atoms with Crippen molar-refractivity contribution in [2.75, 3.05) is 31.1 Å². The number of anilines is 1. The van der Waals surface area contributed by atoms with Crippen molar-refractivity contribution in [2.24, 2.45) is 0 Å². The second kappa shape index (κ2) is 9.42. The van der Waals surface area contributed by atoms with Gasteiger partial charge >= 0.3 is 0 Å².